The SMILES string of the molecule is CCCCCCCC/C=C\CCCCCCCC(=O)O[C@]1(c2ccc([N+](=O)[O-])cc2F)O[C@H](CO)[C@@H](O)[C@H](O)[C@H]1O. The molecule has 0 aromatic heterocycles. The van der Waals surface area contributed by atoms with Crippen LogP contribution in [0.15, 0.2) is 30.4 Å². The Bertz CT molecular complexity index is 973. The molecule has 1 fully saturated rings. The lowest BCUT2D eigenvalue weighted by Gasteiger charge is -2.47. The van der Waals surface area contributed by atoms with E-state index in [0.717, 1.165) is 50.7 Å². The first-order valence-corrected chi connectivity index (χ1v) is 14.8. The highest BCUT2D eigenvalue weighted by molar-refractivity contribution is 5.70. The molecular weight excluding hydrogens is 537 g/mol. The lowest BCUT2D eigenvalue weighted by atomic mass is 9.87. The van der Waals surface area contributed by atoms with E-state index in [4.69, 9.17) is 9.47 Å². The van der Waals surface area contributed by atoms with E-state index >= 15 is 4.39 Å². The molecule has 11 heteroatoms. The van der Waals surface area contributed by atoms with Crippen LogP contribution in [0.3, 0.4) is 0 Å². The fourth-order valence-electron chi connectivity index (χ4n) is 4.96. The summed E-state index contributed by atoms with van der Waals surface area (Å²) in [4.78, 5) is 23.0. The molecule has 1 saturated heterocycles. The third-order valence-electron chi connectivity index (χ3n) is 7.40. The van der Waals surface area contributed by atoms with Crippen molar-refractivity contribution in [3.63, 3.8) is 0 Å². The molecule has 1 aliphatic rings. The Morgan fingerprint density at radius 3 is 2.15 bits per heavy atom. The van der Waals surface area contributed by atoms with E-state index in [9.17, 15) is 35.3 Å². The highest BCUT2D eigenvalue weighted by Gasteiger charge is 2.58. The van der Waals surface area contributed by atoms with E-state index in [1.54, 1.807) is 0 Å². The van der Waals surface area contributed by atoms with Crippen LogP contribution < -0.4 is 0 Å². The van der Waals surface area contributed by atoms with Crippen LogP contribution in [0.25, 0.3) is 0 Å². The van der Waals surface area contributed by atoms with Gasteiger partial charge in [0.05, 0.1) is 23.2 Å². The van der Waals surface area contributed by atoms with Crippen molar-refractivity contribution < 1.29 is 44.0 Å². The molecule has 232 valence electrons. The first-order chi connectivity index (χ1) is 19.7. The van der Waals surface area contributed by atoms with Gasteiger partial charge in [-0.2, -0.15) is 0 Å². The molecule has 0 unspecified atom stereocenters. The van der Waals surface area contributed by atoms with Gasteiger partial charge in [0.15, 0.2) is 6.10 Å². The largest absolute Gasteiger partial charge is 0.425 e. The number of allylic oxidation sites excluding steroid dienone is 2. The van der Waals surface area contributed by atoms with Crippen LogP contribution in [0, 0.1) is 15.9 Å². The van der Waals surface area contributed by atoms with Gasteiger partial charge in [-0.05, 0) is 38.2 Å². The summed E-state index contributed by atoms with van der Waals surface area (Å²) in [6.07, 6.45) is 11.0. The summed E-state index contributed by atoms with van der Waals surface area (Å²) >= 11 is 0. The minimum absolute atomic E-state index is 0.0902. The molecule has 5 atom stereocenters. The first-order valence-electron chi connectivity index (χ1n) is 14.8. The van der Waals surface area contributed by atoms with E-state index in [-0.39, 0.29) is 6.42 Å². The Morgan fingerprint density at radius 1 is 1.00 bits per heavy atom. The fourth-order valence-corrected chi connectivity index (χ4v) is 4.96. The van der Waals surface area contributed by atoms with Crippen molar-refractivity contribution in [2.45, 2.75) is 127 Å². The molecule has 0 aliphatic carbocycles. The van der Waals surface area contributed by atoms with Crippen molar-refractivity contribution in [2.24, 2.45) is 0 Å². The van der Waals surface area contributed by atoms with Crippen molar-refractivity contribution in [1.29, 1.82) is 0 Å². The van der Waals surface area contributed by atoms with E-state index in [0.29, 0.717) is 12.5 Å². The number of hydrogen-bond donors (Lipinski definition) is 4. The topological polar surface area (TPSA) is 160 Å². The van der Waals surface area contributed by atoms with Gasteiger partial charge < -0.3 is 29.9 Å². The Labute approximate surface area is 241 Å². The lowest BCUT2D eigenvalue weighted by molar-refractivity contribution is -0.385. The number of benzene rings is 1. The predicted octanol–water partition coefficient (Wildman–Crippen LogP) is 4.94. The second kappa shape index (κ2) is 18.2. The summed E-state index contributed by atoms with van der Waals surface area (Å²) in [5.74, 6) is -4.73. The number of hydrogen-bond acceptors (Lipinski definition) is 9. The lowest BCUT2D eigenvalue weighted by Crippen LogP contribution is -2.65. The Balaban J connectivity index is 1.86. The maximum atomic E-state index is 15.0. The van der Waals surface area contributed by atoms with Crippen LogP contribution in [0.4, 0.5) is 10.1 Å². The molecule has 0 radical (unpaired) electrons. The van der Waals surface area contributed by atoms with E-state index < -0.39 is 64.8 Å². The summed E-state index contributed by atoms with van der Waals surface area (Å²) in [5, 5.41) is 52.0. The summed E-state index contributed by atoms with van der Waals surface area (Å²) in [5.41, 5.74) is -1.18. The van der Waals surface area contributed by atoms with Crippen molar-refractivity contribution in [1.82, 2.24) is 0 Å². The number of nitro groups is 1. The number of esters is 1. The summed E-state index contributed by atoms with van der Waals surface area (Å²) < 4.78 is 26.0. The minimum atomic E-state index is -2.63. The maximum absolute atomic E-state index is 15.0. The molecule has 0 spiro atoms. The zero-order valence-electron chi connectivity index (χ0n) is 24.0. The zero-order chi connectivity index (χ0) is 30.3. The van der Waals surface area contributed by atoms with Crippen molar-refractivity contribution >= 4 is 11.7 Å². The summed E-state index contributed by atoms with van der Waals surface area (Å²) in [6, 6.07) is 2.40. The van der Waals surface area contributed by atoms with Gasteiger partial charge in [0.25, 0.3) is 11.5 Å². The molecule has 0 bridgehead atoms. The molecule has 1 aromatic carbocycles. The van der Waals surface area contributed by atoms with Crippen molar-refractivity contribution in [2.75, 3.05) is 6.61 Å². The van der Waals surface area contributed by atoms with Crippen molar-refractivity contribution in [3.05, 3.63) is 51.8 Å². The molecule has 0 saturated carbocycles. The highest BCUT2D eigenvalue weighted by Crippen LogP contribution is 2.42. The number of halogens is 1. The average molecular weight is 584 g/mol. The first kappa shape index (κ1) is 34.8. The van der Waals surface area contributed by atoms with Crippen molar-refractivity contribution in [3.8, 4) is 0 Å². The van der Waals surface area contributed by atoms with Gasteiger partial charge in [0.1, 0.15) is 24.1 Å². The maximum Gasteiger partial charge on any atom is 0.308 e. The third-order valence-corrected chi connectivity index (χ3v) is 7.40. The van der Waals surface area contributed by atoms with Gasteiger partial charge >= 0.3 is 5.97 Å². The van der Waals surface area contributed by atoms with Gasteiger partial charge in [0.2, 0.25) is 0 Å². The molecule has 41 heavy (non-hydrogen) atoms. The smallest absolute Gasteiger partial charge is 0.308 e. The molecule has 10 nitrogen and oxygen atoms in total. The molecule has 2 rings (SSSR count). The highest BCUT2D eigenvalue weighted by atomic mass is 19.1. The van der Waals surface area contributed by atoms with Gasteiger partial charge in [0, 0.05) is 12.5 Å². The standard InChI is InChI=1S/C30H46FNO9/c1-2-3-4-5-6-7-8-9-10-11-12-13-14-15-16-17-26(34)41-30(23-19-18-22(32(38)39)20-24(23)31)29(37)28(36)27(35)25(21-33)40-30/h9-10,18-20,25,27-29,33,35-37H,2-8,11-17,21H2,1H3/b10-9-/t25-,27-,28+,29-,30+/m1/s1. The quantitative estimate of drug-likeness (QED) is 0.0581. The number of nitro benzene ring substituents is 1. The Kier molecular flexibility index (Phi) is 15.4. The minimum Gasteiger partial charge on any atom is -0.425 e. The van der Waals surface area contributed by atoms with Crippen LogP contribution in [0.5, 0.6) is 0 Å². The number of carbonyl (C=O) groups is 1. The van der Waals surface area contributed by atoms with Gasteiger partial charge in [-0.15, -0.1) is 0 Å². The van der Waals surface area contributed by atoms with Gasteiger partial charge in [-0.3, -0.25) is 14.9 Å². The normalized spacial score (nSPS) is 24.5. The van der Waals surface area contributed by atoms with E-state index in [2.05, 4.69) is 19.1 Å². The summed E-state index contributed by atoms with van der Waals surface area (Å²) in [6.45, 7) is 1.38. The van der Waals surface area contributed by atoms with E-state index in [1.807, 2.05) is 0 Å². The monoisotopic (exact) mass is 583 g/mol. The fraction of sp³-hybridized carbons (Fsp3) is 0.700. The second-order valence-electron chi connectivity index (χ2n) is 10.7. The molecule has 1 heterocycles. The van der Waals surface area contributed by atoms with Crippen LogP contribution in [-0.2, 0) is 20.1 Å². The number of unbranched alkanes of at least 4 members (excludes halogenated alkanes) is 11. The second-order valence-corrected chi connectivity index (χ2v) is 10.7. The zero-order valence-corrected chi connectivity index (χ0v) is 24.0. The molecule has 0 amide bonds. The third kappa shape index (κ3) is 10.4. The number of ether oxygens (including phenoxy) is 2. The Morgan fingerprint density at radius 2 is 1.59 bits per heavy atom. The summed E-state index contributed by atoms with van der Waals surface area (Å²) in [7, 11) is 0. The number of nitrogens with zero attached hydrogens (tertiary/aromatic N) is 1. The van der Waals surface area contributed by atoms with Crippen LogP contribution in [0.1, 0.15) is 102 Å². The van der Waals surface area contributed by atoms with Crippen LogP contribution in [-0.4, -0.2) is 62.3 Å². The van der Waals surface area contributed by atoms with Crippen LogP contribution in [0.2, 0.25) is 0 Å². The van der Waals surface area contributed by atoms with Crippen LogP contribution >= 0.6 is 0 Å². The molecule has 1 aromatic rings. The molecular formula is C30H46FNO9. The van der Waals surface area contributed by atoms with Gasteiger partial charge in [-0.1, -0.05) is 70.4 Å². The predicted molar refractivity (Wildman–Crippen MR) is 150 cm³/mol. The van der Waals surface area contributed by atoms with E-state index in [1.165, 1.54) is 38.5 Å². The van der Waals surface area contributed by atoms with Gasteiger partial charge in [-0.25, -0.2) is 4.39 Å². The number of rotatable bonds is 19. The number of non-ortho nitro benzene ring substituents is 1. The average Bonchev–Trinajstić information content (AvgIpc) is 2.95. The number of carbonyl (C=O) groups excluding carboxylic acids is 1. The number of aliphatic hydroxyl groups is 4. The molecule has 4 N–H and O–H groups in total. The Hall–Kier alpha value is -2.44. The number of aliphatic hydroxyl groups excluding tert-OH is 4. The molecule has 1 aliphatic heterocycles.